The van der Waals surface area contributed by atoms with Crippen LogP contribution in [0.3, 0.4) is 0 Å². The van der Waals surface area contributed by atoms with Crippen molar-refractivity contribution in [1.29, 1.82) is 0 Å². The highest BCUT2D eigenvalue weighted by molar-refractivity contribution is 5.57. The van der Waals surface area contributed by atoms with Crippen LogP contribution in [0.1, 0.15) is 5.69 Å². The summed E-state index contributed by atoms with van der Waals surface area (Å²) in [4.78, 5) is 13.0. The van der Waals surface area contributed by atoms with Crippen molar-refractivity contribution in [3.63, 3.8) is 0 Å². The van der Waals surface area contributed by atoms with Crippen molar-refractivity contribution in [3.05, 3.63) is 36.3 Å². The maximum Gasteiger partial charge on any atom is 0.433 e. The lowest BCUT2D eigenvalue weighted by Crippen LogP contribution is -2.32. The van der Waals surface area contributed by atoms with E-state index in [1.807, 2.05) is 0 Å². The first-order valence-corrected chi connectivity index (χ1v) is 7.06. The molecule has 2 aromatic rings. The molecule has 0 saturated carbocycles. The van der Waals surface area contributed by atoms with Gasteiger partial charge in [0.1, 0.15) is 5.82 Å². The molecule has 24 heavy (non-hydrogen) atoms. The van der Waals surface area contributed by atoms with Gasteiger partial charge in [-0.3, -0.25) is 4.98 Å². The fraction of sp³-hybridized carbons (Fsp3) is 0.400. The van der Waals surface area contributed by atoms with Crippen molar-refractivity contribution in [2.45, 2.75) is 12.3 Å². The van der Waals surface area contributed by atoms with Gasteiger partial charge in [-0.25, -0.2) is 9.97 Å². The van der Waals surface area contributed by atoms with E-state index in [2.05, 4.69) is 15.0 Å². The molecule has 0 aliphatic rings. The van der Waals surface area contributed by atoms with Gasteiger partial charge in [-0.15, -0.1) is 0 Å². The molecule has 9 heteroatoms. The van der Waals surface area contributed by atoms with Crippen LogP contribution in [-0.2, 0) is 10.9 Å². The van der Waals surface area contributed by atoms with Crippen LogP contribution in [0, 0.1) is 0 Å². The van der Waals surface area contributed by atoms with Gasteiger partial charge in [-0.05, 0) is 12.1 Å². The number of nitrogens with zero attached hydrogens (tertiary/aromatic N) is 4. The Morgan fingerprint density at radius 1 is 1.33 bits per heavy atom. The van der Waals surface area contributed by atoms with Gasteiger partial charge in [0.25, 0.3) is 0 Å². The van der Waals surface area contributed by atoms with Crippen molar-refractivity contribution >= 4 is 5.82 Å². The van der Waals surface area contributed by atoms with Crippen molar-refractivity contribution in [2.24, 2.45) is 0 Å². The third-order valence-electron chi connectivity index (χ3n) is 3.16. The second-order valence-corrected chi connectivity index (χ2v) is 5.16. The Balaban J connectivity index is 2.40. The Labute approximate surface area is 137 Å². The Morgan fingerprint density at radius 3 is 2.67 bits per heavy atom. The van der Waals surface area contributed by atoms with Crippen LogP contribution in [0.15, 0.2) is 30.6 Å². The number of alkyl halides is 3. The minimum Gasteiger partial charge on any atom is -0.389 e. The standard InChI is InChI=1S/C15H17F3N4O2/c1-22(8-11(23)9-24-2)13-6-12(15(16,17)18)20-14(21-13)10-4-3-5-19-7-10/h3-7,11,23H,8-9H2,1-2H3/t11-/m0/s1. The number of hydrogen-bond acceptors (Lipinski definition) is 6. The van der Waals surface area contributed by atoms with Crippen LogP contribution in [0.4, 0.5) is 19.0 Å². The summed E-state index contributed by atoms with van der Waals surface area (Å²) < 4.78 is 44.2. The average Bonchev–Trinajstić information content (AvgIpc) is 2.54. The van der Waals surface area contributed by atoms with Crippen LogP contribution < -0.4 is 4.90 Å². The fourth-order valence-corrected chi connectivity index (χ4v) is 2.05. The SMILES string of the molecule is COC[C@@H](O)CN(C)c1cc(C(F)(F)F)nc(-c2cccnc2)n1. The summed E-state index contributed by atoms with van der Waals surface area (Å²) in [6, 6.07) is 4.01. The number of aliphatic hydroxyl groups excluding tert-OH is 1. The fourth-order valence-electron chi connectivity index (χ4n) is 2.05. The number of anilines is 1. The van der Waals surface area contributed by atoms with Crippen molar-refractivity contribution in [1.82, 2.24) is 15.0 Å². The maximum atomic E-state index is 13.1. The molecule has 0 spiro atoms. The number of aliphatic hydroxyl groups is 1. The lowest BCUT2D eigenvalue weighted by Gasteiger charge is -2.22. The van der Waals surface area contributed by atoms with Gasteiger partial charge in [0, 0.05) is 44.7 Å². The lowest BCUT2D eigenvalue weighted by molar-refractivity contribution is -0.141. The van der Waals surface area contributed by atoms with Gasteiger partial charge in [0.2, 0.25) is 0 Å². The van der Waals surface area contributed by atoms with Crippen LogP contribution in [-0.4, -0.2) is 53.5 Å². The van der Waals surface area contributed by atoms with E-state index in [1.54, 1.807) is 12.1 Å². The third-order valence-corrected chi connectivity index (χ3v) is 3.16. The molecule has 2 rings (SSSR count). The number of pyridine rings is 1. The molecule has 0 unspecified atom stereocenters. The molecule has 0 aliphatic carbocycles. The molecule has 6 nitrogen and oxygen atoms in total. The van der Waals surface area contributed by atoms with Gasteiger partial charge in [-0.2, -0.15) is 13.2 Å². The largest absolute Gasteiger partial charge is 0.433 e. The van der Waals surface area contributed by atoms with Gasteiger partial charge >= 0.3 is 6.18 Å². The van der Waals surface area contributed by atoms with Gasteiger partial charge in [0.15, 0.2) is 11.5 Å². The van der Waals surface area contributed by atoms with E-state index in [9.17, 15) is 18.3 Å². The molecule has 0 fully saturated rings. The monoisotopic (exact) mass is 342 g/mol. The second-order valence-electron chi connectivity index (χ2n) is 5.16. The van der Waals surface area contributed by atoms with E-state index >= 15 is 0 Å². The van der Waals surface area contributed by atoms with Gasteiger partial charge < -0.3 is 14.7 Å². The average molecular weight is 342 g/mol. The van der Waals surface area contributed by atoms with E-state index in [0.29, 0.717) is 5.56 Å². The smallest absolute Gasteiger partial charge is 0.389 e. The molecule has 1 N–H and O–H groups in total. The molecule has 2 heterocycles. The Kier molecular flexibility index (Phi) is 5.68. The topological polar surface area (TPSA) is 71.4 Å². The second kappa shape index (κ2) is 7.54. The molecule has 0 aromatic carbocycles. The van der Waals surface area contributed by atoms with Gasteiger partial charge in [-0.1, -0.05) is 0 Å². The highest BCUT2D eigenvalue weighted by atomic mass is 19.4. The quantitative estimate of drug-likeness (QED) is 0.866. The zero-order valence-corrected chi connectivity index (χ0v) is 13.2. The predicted octanol–water partition coefficient (Wildman–Crippen LogP) is 2.00. The Morgan fingerprint density at radius 2 is 2.08 bits per heavy atom. The highest BCUT2D eigenvalue weighted by Gasteiger charge is 2.34. The first-order chi connectivity index (χ1) is 11.3. The molecule has 1 atom stereocenters. The number of aromatic nitrogens is 3. The number of likely N-dealkylation sites (N-methyl/N-ethyl adjacent to an activating group) is 1. The molecule has 0 saturated heterocycles. The minimum absolute atomic E-state index is 0.0475. The number of halogens is 3. The van der Waals surface area contributed by atoms with Crippen LogP contribution in [0.25, 0.3) is 11.4 Å². The summed E-state index contributed by atoms with van der Waals surface area (Å²) in [6.45, 7) is 0.131. The summed E-state index contributed by atoms with van der Waals surface area (Å²) in [5.41, 5.74) is -0.685. The Hall–Kier alpha value is -2.26. The van der Waals surface area contributed by atoms with E-state index in [1.165, 1.54) is 31.5 Å². The lowest BCUT2D eigenvalue weighted by atomic mass is 10.2. The van der Waals surface area contributed by atoms with E-state index in [4.69, 9.17) is 4.74 Å². The molecule has 0 amide bonds. The van der Waals surface area contributed by atoms with Crippen molar-refractivity contribution in [3.8, 4) is 11.4 Å². The van der Waals surface area contributed by atoms with E-state index in [0.717, 1.165) is 6.07 Å². The molecular formula is C15H17F3N4O2. The molecule has 130 valence electrons. The molecular weight excluding hydrogens is 325 g/mol. The highest BCUT2D eigenvalue weighted by Crippen LogP contribution is 2.31. The number of ether oxygens (including phenoxy) is 1. The zero-order valence-electron chi connectivity index (χ0n) is 13.2. The number of methoxy groups -OCH3 is 1. The molecule has 0 bridgehead atoms. The zero-order chi connectivity index (χ0) is 17.7. The van der Waals surface area contributed by atoms with Crippen LogP contribution in [0.2, 0.25) is 0 Å². The molecule has 0 aliphatic heterocycles. The summed E-state index contributed by atoms with van der Waals surface area (Å²) in [5, 5.41) is 9.75. The number of rotatable bonds is 6. The molecule has 0 radical (unpaired) electrons. The third kappa shape index (κ3) is 4.62. The first-order valence-electron chi connectivity index (χ1n) is 7.06. The van der Waals surface area contributed by atoms with Crippen molar-refractivity contribution in [2.75, 3.05) is 32.2 Å². The van der Waals surface area contributed by atoms with E-state index in [-0.39, 0.29) is 24.8 Å². The minimum atomic E-state index is -4.61. The number of hydrogen-bond donors (Lipinski definition) is 1. The van der Waals surface area contributed by atoms with E-state index < -0.39 is 18.0 Å². The summed E-state index contributed by atoms with van der Waals surface area (Å²) >= 11 is 0. The summed E-state index contributed by atoms with van der Waals surface area (Å²) in [7, 11) is 2.96. The first kappa shape index (κ1) is 18.1. The van der Waals surface area contributed by atoms with Crippen LogP contribution >= 0.6 is 0 Å². The Bertz CT molecular complexity index is 668. The van der Waals surface area contributed by atoms with Crippen molar-refractivity contribution < 1.29 is 23.0 Å². The summed E-state index contributed by atoms with van der Waals surface area (Å²) in [5.74, 6) is -0.0349. The predicted molar refractivity (Wildman–Crippen MR) is 81.4 cm³/mol. The maximum absolute atomic E-state index is 13.1. The normalized spacial score (nSPS) is 12.9. The van der Waals surface area contributed by atoms with Gasteiger partial charge in [0.05, 0.1) is 12.7 Å². The summed E-state index contributed by atoms with van der Waals surface area (Å²) in [6.07, 6.45) is -2.57. The molecule has 2 aromatic heterocycles. The van der Waals surface area contributed by atoms with Crippen LogP contribution in [0.5, 0.6) is 0 Å².